The van der Waals surface area contributed by atoms with E-state index in [1.807, 2.05) is 0 Å². The molecule has 0 saturated heterocycles. The third kappa shape index (κ3) is 24.2. The van der Waals surface area contributed by atoms with Crippen molar-refractivity contribution in [2.45, 2.75) is 148 Å². The van der Waals surface area contributed by atoms with E-state index in [-0.39, 0.29) is 0 Å². The second-order valence-electron chi connectivity index (χ2n) is 8.11. The van der Waals surface area contributed by atoms with Crippen LogP contribution in [-0.4, -0.2) is 16.4 Å². The molecule has 0 heterocycles. The normalized spacial score (nSPS) is 11.3. The summed E-state index contributed by atoms with van der Waals surface area (Å²) in [6.07, 6.45) is 28.7. The summed E-state index contributed by atoms with van der Waals surface area (Å²) in [6.45, 7) is 5.53. The largest absolute Gasteiger partial charge is 0.417 e. The highest BCUT2D eigenvalue weighted by atomic mass is 28.2. The van der Waals surface area contributed by atoms with Crippen molar-refractivity contribution in [2.75, 3.05) is 6.61 Å². The summed E-state index contributed by atoms with van der Waals surface area (Å²) in [5.74, 6) is 0. The van der Waals surface area contributed by atoms with Crippen LogP contribution < -0.4 is 0 Å². The van der Waals surface area contributed by atoms with Crippen molar-refractivity contribution < 1.29 is 4.43 Å². The third-order valence-electron chi connectivity index (χ3n) is 5.30. The van der Waals surface area contributed by atoms with E-state index in [1.165, 1.54) is 134 Å². The third-order valence-corrected chi connectivity index (χ3v) is 6.42. The fraction of sp³-hybridized carbons (Fsp3) is 1.00. The number of unbranched alkanes of at least 4 members (excludes halogenated alkanes) is 18. The topological polar surface area (TPSA) is 9.23 Å². The maximum atomic E-state index is 5.63. The fourth-order valence-electron chi connectivity index (χ4n) is 3.50. The Balaban J connectivity index is 2.95. The Bertz CT molecular complexity index is 208. The molecule has 0 aromatic carbocycles. The van der Waals surface area contributed by atoms with Crippen LogP contribution in [0.1, 0.15) is 142 Å². The highest BCUT2D eigenvalue weighted by Gasteiger charge is 1.95. The van der Waals surface area contributed by atoms with Crippen LogP contribution in [0.2, 0.25) is 6.04 Å². The van der Waals surface area contributed by atoms with Gasteiger partial charge in [-0.1, -0.05) is 136 Å². The molecule has 0 fully saturated rings. The molecule has 2 heteroatoms. The molecule has 0 atom stereocenters. The van der Waals surface area contributed by atoms with E-state index in [1.54, 1.807) is 0 Å². The molecule has 156 valence electrons. The molecule has 0 unspecified atom stereocenters. The predicted molar refractivity (Wildman–Crippen MR) is 120 cm³/mol. The first-order chi connectivity index (χ1) is 12.9. The highest BCUT2D eigenvalue weighted by molar-refractivity contribution is 6.26. The lowest BCUT2D eigenvalue weighted by Crippen LogP contribution is -1.99. The van der Waals surface area contributed by atoms with E-state index in [2.05, 4.69) is 13.8 Å². The molecule has 26 heavy (non-hydrogen) atoms. The van der Waals surface area contributed by atoms with Crippen LogP contribution in [0.25, 0.3) is 0 Å². The lowest BCUT2D eigenvalue weighted by Gasteiger charge is -2.04. The Kier molecular flexibility index (Phi) is 25.3. The first-order valence-corrected chi connectivity index (χ1v) is 13.4. The van der Waals surface area contributed by atoms with Crippen molar-refractivity contribution in [1.29, 1.82) is 0 Å². The summed E-state index contributed by atoms with van der Waals surface area (Å²) in [6, 6.07) is 1.25. The van der Waals surface area contributed by atoms with E-state index in [9.17, 15) is 0 Å². The number of rotatable bonds is 23. The van der Waals surface area contributed by atoms with Crippen LogP contribution in [0.5, 0.6) is 0 Å². The van der Waals surface area contributed by atoms with Crippen LogP contribution in [0.3, 0.4) is 0 Å². The van der Waals surface area contributed by atoms with Gasteiger partial charge in [0.1, 0.15) is 0 Å². The second-order valence-corrected chi connectivity index (χ2v) is 9.18. The first kappa shape index (κ1) is 26.2. The zero-order valence-electron chi connectivity index (χ0n) is 18.5. The Hall–Kier alpha value is 0.177. The molecule has 0 aliphatic heterocycles. The minimum atomic E-state index is 0.743. The molecule has 0 spiro atoms. The quantitative estimate of drug-likeness (QED) is 0.127. The summed E-state index contributed by atoms with van der Waals surface area (Å²) >= 11 is 0. The van der Waals surface area contributed by atoms with Gasteiger partial charge >= 0.3 is 0 Å². The van der Waals surface area contributed by atoms with Gasteiger partial charge in [-0.15, -0.1) is 0 Å². The first-order valence-electron chi connectivity index (χ1n) is 12.3. The average molecular weight is 383 g/mol. The molecule has 0 saturated carbocycles. The maximum Gasteiger partial charge on any atom is 0.229 e. The van der Waals surface area contributed by atoms with E-state index in [0.29, 0.717) is 0 Å². The fourth-order valence-corrected chi connectivity index (χ4v) is 4.14. The summed E-state index contributed by atoms with van der Waals surface area (Å²) in [7, 11) is 0.743. The molecule has 0 N–H and O–H groups in total. The van der Waals surface area contributed by atoms with E-state index < -0.39 is 0 Å². The van der Waals surface area contributed by atoms with E-state index in [0.717, 1.165) is 16.4 Å². The van der Waals surface area contributed by atoms with Crippen LogP contribution in [0, 0.1) is 0 Å². The van der Waals surface area contributed by atoms with Gasteiger partial charge < -0.3 is 4.43 Å². The van der Waals surface area contributed by atoms with Crippen LogP contribution >= 0.6 is 0 Å². The van der Waals surface area contributed by atoms with Gasteiger partial charge in [-0.2, -0.15) is 0 Å². The van der Waals surface area contributed by atoms with Crippen molar-refractivity contribution >= 4 is 9.76 Å². The van der Waals surface area contributed by atoms with Crippen molar-refractivity contribution in [3.8, 4) is 0 Å². The zero-order valence-corrected chi connectivity index (χ0v) is 19.5. The van der Waals surface area contributed by atoms with Gasteiger partial charge in [0, 0.05) is 6.61 Å². The molecule has 0 rings (SSSR count). The second kappa shape index (κ2) is 25.2. The van der Waals surface area contributed by atoms with Gasteiger partial charge in [0.05, 0.1) is 0 Å². The van der Waals surface area contributed by atoms with Gasteiger partial charge in [0.25, 0.3) is 0 Å². The Morgan fingerprint density at radius 1 is 0.423 bits per heavy atom. The zero-order chi connectivity index (χ0) is 19.0. The molecule has 2 radical (unpaired) electrons. The van der Waals surface area contributed by atoms with Crippen molar-refractivity contribution in [3.05, 3.63) is 0 Å². The van der Waals surface area contributed by atoms with Crippen molar-refractivity contribution in [2.24, 2.45) is 0 Å². The van der Waals surface area contributed by atoms with E-state index >= 15 is 0 Å². The molecule has 0 amide bonds. The molecule has 0 aromatic rings. The smallest absolute Gasteiger partial charge is 0.229 e. The summed E-state index contributed by atoms with van der Waals surface area (Å²) < 4.78 is 5.63. The van der Waals surface area contributed by atoms with Crippen LogP contribution in [0.15, 0.2) is 0 Å². The highest BCUT2D eigenvalue weighted by Crippen LogP contribution is 2.14. The predicted octanol–water partition coefficient (Wildman–Crippen LogP) is 8.88. The van der Waals surface area contributed by atoms with Gasteiger partial charge in [-0.05, 0) is 12.5 Å². The monoisotopic (exact) mass is 382 g/mol. The van der Waals surface area contributed by atoms with Crippen molar-refractivity contribution in [1.82, 2.24) is 0 Å². The molecular formula is C24H50OSi. The summed E-state index contributed by atoms with van der Waals surface area (Å²) in [5.41, 5.74) is 0. The van der Waals surface area contributed by atoms with Crippen LogP contribution in [0.4, 0.5) is 0 Å². The molecule has 0 aliphatic rings. The van der Waals surface area contributed by atoms with Gasteiger partial charge in [-0.3, -0.25) is 0 Å². The van der Waals surface area contributed by atoms with Gasteiger partial charge in [0.2, 0.25) is 9.76 Å². The van der Waals surface area contributed by atoms with Crippen LogP contribution in [-0.2, 0) is 4.43 Å². The van der Waals surface area contributed by atoms with E-state index in [4.69, 9.17) is 4.43 Å². The average Bonchev–Trinajstić information content (AvgIpc) is 2.66. The Morgan fingerprint density at radius 2 is 0.769 bits per heavy atom. The maximum absolute atomic E-state index is 5.63. The Morgan fingerprint density at radius 3 is 1.12 bits per heavy atom. The minimum absolute atomic E-state index is 0.743. The molecule has 0 bridgehead atoms. The van der Waals surface area contributed by atoms with Gasteiger partial charge in [0.15, 0.2) is 0 Å². The molecular weight excluding hydrogens is 332 g/mol. The molecule has 1 nitrogen and oxygen atoms in total. The Labute approximate surface area is 169 Å². The minimum Gasteiger partial charge on any atom is -0.417 e. The summed E-state index contributed by atoms with van der Waals surface area (Å²) in [5, 5.41) is 0. The molecule has 0 aliphatic carbocycles. The van der Waals surface area contributed by atoms with Gasteiger partial charge in [-0.25, -0.2) is 0 Å². The SMILES string of the molecule is CCCCCCCCCCCCCCCCCCCCCO[Si]CCC. The molecule has 0 aromatic heterocycles. The lowest BCUT2D eigenvalue weighted by molar-refractivity contribution is 0.319. The van der Waals surface area contributed by atoms with Crippen molar-refractivity contribution in [3.63, 3.8) is 0 Å². The summed E-state index contributed by atoms with van der Waals surface area (Å²) in [4.78, 5) is 0. The number of hydrogen-bond donors (Lipinski definition) is 0. The number of hydrogen-bond acceptors (Lipinski definition) is 1. The lowest BCUT2D eigenvalue weighted by atomic mass is 10.0. The standard InChI is InChI=1S/C24H50OSi/c1-3-5-6-7-8-9-10-11-12-13-14-15-16-17-18-19-20-21-22-23-25-26-24-4-2/h3-24H2,1-2H3.